The van der Waals surface area contributed by atoms with Crippen molar-refractivity contribution in [2.75, 3.05) is 0 Å². The first-order valence-corrected chi connectivity index (χ1v) is 10.6. The number of nitrogens with zero attached hydrogens (tertiary/aromatic N) is 2. The van der Waals surface area contributed by atoms with Crippen LogP contribution in [0.1, 0.15) is 23.3 Å². The van der Waals surface area contributed by atoms with Crippen LogP contribution in [-0.4, -0.2) is 23.6 Å². The Morgan fingerprint density at radius 2 is 1.48 bits per heavy atom. The fourth-order valence-electron chi connectivity index (χ4n) is 3.18. The number of aromatic nitrogens is 3. The number of hydrogen-bond acceptors (Lipinski definition) is 4. The summed E-state index contributed by atoms with van der Waals surface area (Å²) in [6.45, 7) is 1.78. The lowest BCUT2D eigenvalue weighted by Crippen LogP contribution is -2.30. The Morgan fingerprint density at radius 3 is 2.14 bits per heavy atom. The molecular formula is C22H20N4O2S. The van der Waals surface area contributed by atoms with Crippen molar-refractivity contribution < 1.29 is 8.42 Å². The molecule has 0 aliphatic rings. The van der Waals surface area contributed by atoms with Crippen LogP contribution in [0.4, 0.5) is 0 Å². The van der Waals surface area contributed by atoms with Gasteiger partial charge in [-0.05, 0) is 24.1 Å². The van der Waals surface area contributed by atoms with E-state index in [0.717, 1.165) is 11.1 Å². The van der Waals surface area contributed by atoms with Gasteiger partial charge in [0.2, 0.25) is 10.0 Å². The third-order valence-corrected chi connectivity index (χ3v) is 6.02. The van der Waals surface area contributed by atoms with Crippen LogP contribution in [0.25, 0.3) is 11.1 Å². The number of rotatable bonds is 6. The highest BCUT2D eigenvalue weighted by Gasteiger charge is 2.27. The highest BCUT2D eigenvalue weighted by atomic mass is 32.2. The van der Waals surface area contributed by atoms with Crippen molar-refractivity contribution >= 4 is 10.0 Å². The Hall–Kier alpha value is -3.29. The molecule has 0 saturated carbocycles. The third kappa shape index (κ3) is 4.11. The molecule has 0 amide bonds. The zero-order valence-electron chi connectivity index (χ0n) is 15.8. The lowest BCUT2D eigenvalue weighted by molar-refractivity contribution is 0.567. The second-order valence-electron chi connectivity index (χ2n) is 6.61. The number of nitrogens with one attached hydrogen (secondary N) is 2. The molecule has 0 bridgehead atoms. The number of aromatic amines is 1. The Kier molecular flexibility index (Phi) is 5.24. The van der Waals surface area contributed by atoms with Gasteiger partial charge in [0.1, 0.15) is 11.9 Å². The average molecular weight is 404 g/mol. The van der Waals surface area contributed by atoms with Crippen LogP contribution in [0.3, 0.4) is 0 Å². The maximum absolute atomic E-state index is 13.4. The van der Waals surface area contributed by atoms with Crippen LogP contribution < -0.4 is 4.72 Å². The molecule has 0 spiro atoms. The molecule has 1 heterocycles. The second kappa shape index (κ2) is 7.98. The quantitative estimate of drug-likeness (QED) is 0.511. The molecule has 29 heavy (non-hydrogen) atoms. The molecule has 3 aromatic carbocycles. The van der Waals surface area contributed by atoms with Crippen LogP contribution in [-0.2, 0) is 10.0 Å². The molecule has 0 fully saturated rings. The van der Waals surface area contributed by atoms with E-state index in [9.17, 15) is 8.42 Å². The first-order chi connectivity index (χ1) is 14.0. The molecule has 1 atom stereocenters. The molecular weight excluding hydrogens is 384 g/mol. The molecule has 146 valence electrons. The Bertz CT molecular complexity index is 1210. The molecule has 7 heteroatoms. The van der Waals surface area contributed by atoms with E-state index in [1.807, 2.05) is 66.7 Å². The van der Waals surface area contributed by atoms with Crippen LogP contribution in [0.5, 0.6) is 0 Å². The molecule has 6 nitrogen and oxygen atoms in total. The summed E-state index contributed by atoms with van der Waals surface area (Å²) in [5.41, 5.74) is 2.23. The molecule has 0 radical (unpaired) electrons. The summed E-state index contributed by atoms with van der Waals surface area (Å²) in [5.74, 6) is 0.985. The van der Waals surface area contributed by atoms with E-state index in [2.05, 4.69) is 19.9 Å². The van der Waals surface area contributed by atoms with Gasteiger partial charge in [0, 0.05) is 5.56 Å². The lowest BCUT2D eigenvalue weighted by Gasteiger charge is -2.18. The normalized spacial score (nSPS) is 12.6. The Morgan fingerprint density at radius 1 is 0.862 bits per heavy atom. The minimum atomic E-state index is -3.87. The molecule has 4 rings (SSSR count). The highest BCUT2D eigenvalue weighted by molar-refractivity contribution is 7.89. The summed E-state index contributed by atoms with van der Waals surface area (Å²) < 4.78 is 29.6. The summed E-state index contributed by atoms with van der Waals surface area (Å²) in [5, 5.41) is 6.97. The smallest absolute Gasteiger partial charge is 0.242 e. The van der Waals surface area contributed by atoms with Crippen molar-refractivity contribution in [3.63, 3.8) is 0 Å². The monoisotopic (exact) mass is 404 g/mol. The largest absolute Gasteiger partial charge is 0.263 e. The van der Waals surface area contributed by atoms with Gasteiger partial charge in [0.05, 0.1) is 4.90 Å². The molecule has 1 unspecified atom stereocenters. The summed E-state index contributed by atoms with van der Waals surface area (Å²) in [7, 11) is -3.87. The summed E-state index contributed by atoms with van der Waals surface area (Å²) >= 11 is 0. The van der Waals surface area contributed by atoms with Crippen molar-refractivity contribution in [2.45, 2.75) is 17.9 Å². The first-order valence-electron chi connectivity index (χ1n) is 9.15. The van der Waals surface area contributed by atoms with Gasteiger partial charge in [-0.1, -0.05) is 78.9 Å². The summed E-state index contributed by atoms with van der Waals surface area (Å²) in [6.07, 6.45) is 0. The first kappa shape index (κ1) is 19.0. The average Bonchev–Trinajstić information content (AvgIpc) is 3.19. The van der Waals surface area contributed by atoms with E-state index in [0.29, 0.717) is 17.2 Å². The van der Waals surface area contributed by atoms with Gasteiger partial charge in [0.15, 0.2) is 5.82 Å². The van der Waals surface area contributed by atoms with Crippen LogP contribution in [0.15, 0.2) is 89.8 Å². The number of hydrogen-bond donors (Lipinski definition) is 2. The van der Waals surface area contributed by atoms with E-state index in [-0.39, 0.29) is 4.90 Å². The van der Waals surface area contributed by atoms with Crippen LogP contribution in [0.2, 0.25) is 0 Å². The van der Waals surface area contributed by atoms with Crippen molar-refractivity contribution in [3.05, 3.63) is 102 Å². The van der Waals surface area contributed by atoms with Gasteiger partial charge in [-0.2, -0.15) is 9.82 Å². The van der Waals surface area contributed by atoms with Gasteiger partial charge in [0.25, 0.3) is 0 Å². The van der Waals surface area contributed by atoms with Crippen molar-refractivity contribution in [2.24, 2.45) is 0 Å². The minimum Gasteiger partial charge on any atom is -0.263 e. The Balaban J connectivity index is 1.78. The molecule has 0 aliphatic carbocycles. The van der Waals surface area contributed by atoms with E-state index >= 15 is 0 Å². The van der Waals surface area contributed by atoms with Gasteiger partial charge in [-0.3, -0.25) is 5.10 Å². The lowest BCUT2D eigenvalue weighted by atomic mass is 10.1. The van der Waals surface area contributed by atoms with Crippen molar-refractivity contribution in [3.8, 4) is 11.1 Å². The fraction of sp³-hybridized carbons (Fsp3) is 0.0909. The maximum Gasteiger partial charge on any atom is 0.242 e. The molecule has 1 aromatic heterocycles. The molecule has 0 saturated heterocycles. The zero-order valence-corrected chi connectivity index (χ0v) is 16.6. The molecule has 2 N–H and O–H groups in total. The Labute approximate surface area is 169 Å². The predicted molar refractivity (Wildman–Crippen MR) is 112 cm³/mol. The standard InChI is InChI=1S/C22H20N4O2S/c1-16-23-22(25-24-16)21(18-12-6-3-7-13-18)26-29(27,28)20-15-9-8-14-19(20)17-10-4-2-5-11-17/h2-15,21,26H,1H3,(H,23,24,25). The SMILES string of the molecule is Cc1nc(C(NS(=O)(=O)c2ccccc2-c2ccccc2)c2ccccc2)n[nH]1. The van der Waals surface area contributed by atoms with Gasteiger partial charge in [-0.25, -0.2) is 13.4 Å². The molecule has 4 aromatic rings. The fourth-order valence-corrected chi connectivity index (χ4v) is 4.59. The topological polar surface area (TPSA) is 87.7 Å². The predicted octanol–water partition coefficient (Wildman–Crippen LogP) is 3.85. The third-order valence-electron chi connectivity index (χ3n) is 4.54. The summed E-state index contributed by atoms with van der Waals surface area (Å²) in [4.78, 5) is 4.56. The number of aryl methyl sites for hydroxylation is 1. The molecule has 0 aliphatic heterocycles. The van der Waals surface area contributed by atoms with Gasteiger partial charge < -0.3 is 0 Å². The van der Waals surface area contributed by atoms with Gasteiger partial charge >= 0.3 is 0 Å². The van der Waals surface area contributed by atoms with Crippen molar-refractivity contribution in [1.29, 1.82) is 0 Å². The van der Waals surface area contributed by atoms with Crippen LogP contribution >= 0.6 is 0 Å². The van der Waals surface area contributed by atoms with Crippen LogP contribution in [0, 0.1) is 6.92 Å². The van der Waals surface area contributed by atoms with Crippen molar-refractivity contribution in [1.82, 2.24) is 19.9 Å². The zero-order chi connectivity index (χ0) is 20.3. The van der Waals surface area contributed by atoms with E-state index in [1.165, 1.54) is 0 Å². The maximum atomic E-state index is 13.4. The van der Waals surface area contributed by atoms with Gasteiger partial charge in [-0.15, -0.1) is 0 Å². The minimum absolute atomic E-state index is 0.208. The highest BCUT2D eigenvalue weighted by Crippen LogP contribution is 2.29. The second-order valence-corrected chi connectivity index (χ2v) is 8.29. The number of sulfonamides is 1. The van der Waals surface area contributed by atoms with E-state index < -0.39 is 16.1 Å². The summed E-state index contributed by atoms with van der Waals surface area (Å²) in [6, 6.07) is 25.0. The number of H-pyrrole nitrogens is 1. The number of benzene rings is 3. The van der Waals surface area contributed by atoms with E-state index in [1.54, 1.807) is 25.1 Å². The van der Waals surface area contributed by atoms with E-state index in [4.69, 9.17) is 0 Å².